The molecule has 1 atom stereocenters. The normalized spacial score (nSPS) is 27.6. The van der Waals surface area contributed by atoms with E-state index in [2.05, 4.69) is 27.2 Å². The summed E-state index contributed by atoms with van der Waals surface area (Å²) in [6.07, 6.45) is 10.4. The number of nitrogens with zero attached hydrogens (tertiary/aromatic N) is 3. The number of benzene rings is 1. The monoisotopic (exact) mass is 464 g/mol. The molecule has 3 saturated heterocycles. The van der Waals surface area contributed by atoms with Crippen LogP contribution in [0.25, 0.3) is 0 Å². The van der Waals surface area contributed by atoms with Gasteiger partial charge in [-0.1, -0.05) is 19.3 Å². The van der Waals surface area contributed by atoms with Crippen LogP contribution in [0.5, 0.6) is 0 Å². The largest absolute Gasteiger partial charge is 0.370 e. The molecule has 1 N–H and O–H groups in total. The Hall–Kier alpha value is -2.41. The van der Waals surface area contributed by atoms with Crippen LogP contribution < -0.4 is 10.2 Å². The number of carbonyl (C=O) groups is 3. The van der Waals surface area contributed by atoms with E-state index in [-0.39, 0.29) is 24.1 Å². The number of fused-ring (bicyclic) bond motifs is 1. The first-order valence-electron chi connectivity index (χ1n) is 13.2. The molecule has 1 aromatic carbocycles. The summed E-state index contributed by atoms with van der Waals surface area (Å²) in [4.78, 5) is 43.5. The third kappa shape index (κ3) is 4.02. The first-order chi connectivity index (χ1) is 16.5. The van der Waals surface area contributed by atoms with Gasteiger partial charge in [-0.3, -0.25) is 19.7 Å². The van der Waals surface area contributed by atoms with Crippen LogP contribution in [0.4, 0.5) is 5.69 Å². The van der Waals surface area contributed by atoms with Crippen molar-refractivity contribution in [1.29, 1.82) is 0 Å². The van der Waals surface area contributed by atoms with E-state index in [4.69, 9.17) is 0 Å². The summed E-state index contributed by atoms with van der Waals surface area (Å²) >= 11 is 0. The smallest absolute Gasteiger partial charge is 0.255 e. The first kappa shape index (κ1) is 22.1. The van der Waals surface area contributed by atoms with Crippen LogP contribution in [-0.2, 0) is 16.1 Å². The van der Waals surface area contributed by atoms with Gasteiger partial charge in [0.1, 0.15) is 6.04 Å². The molecular weight excluding hydrogens is 428 g/mol. The van der Waals surface area contributed by atoms with E-state index in [0.717, 1.165) is 24.6 Å². The van der Waals surface area contributed by atoms with Crippen molar-refractivity contribution in [2.75, 3.05) is 37.6 Å². The van der Waals surface area contributed by atoms with E-state index >= 15 is 0 Å². The third-order valence-corrected chi connectivity index (χ3v) is 9.08. The Balaban J connectivity index is 1.04. The van der Waals surface area contributed by atoms with Crippen LogP contribution in [-0.4, -0.2) is 66.3 Å². The summed E-state index contributed by atoms with van der Waals surface area (Å²) in [5.74, 6) is 0.229. The van der Waals surface area contributed by atoms with E-state index in [1.165, 1.54) is 70.3 Å². The second kappa shape index (κ2) is 8.67. The molecule has 34 heavy (non-hydrogen) atoms. The molecule has 1 aromatic rings. The highest BCUT2D eigenvalue weighted by molar-refractivity contribution is 6.05. The van der Waals surface area contributed by atoms with Crippen molar-refractivity contribution >= 4 is 23.4 Å². The van der Waals surface area contributed by atoms with Crippen LogP contribution in [0.1, 0.15) is 73.7 Å². The van der Waals surface area contributed by atoms with Gasteiger partial charge in [-0.05, 0) is 74.9 Å². The van der Waals surface area contributed by atoms with Crippen molar-refractivity contribution < 1.29 is 14.4 Å². The van der Waals surface area contributed by atoms with Crippen molar-refractivity contribution in [3.63, 3.8) is 0 Å². The summed E-state index contributed by atoms with van der Waals surface area (Å²) in [5.41, 5.74) is 3.33. The lowest BCUT2D eigenvalue weighted by molar-refractivity contribution is -0.136. The highest BCUT2D eigenvalue weighted by Gasteiger charge is 2.45. The molecule has 6 rings (SSSR count). The molecule has 4 heterocycles. The zero-order valence-electron chi connectivity index (χ0n) is 20.1. The summed E-state index contributed by atoms with van der Waals surface area (Å²) in [6, 6.07) is 5.59. The lowest BCUT2D eigenvalue weighted by atomic mass is 9.71. The average molecular weight is 465 g/mol. The van der Waals surface area contributed by atoms with Crippen molar-refractivity contribution in [1.82, 2.24) is 15.1 Å². The molecule has 0 aromatic heterocycles. The first-order valence-corrected chi connectivity index (χ1v) is 13.2. The summed E-state index contributed by atoms with van der Waals surface area (Å²) in [7, 11) is 0. The van der Waals surface area contributed by atoms with Gasteiger partial charge in [0.2, 0.25) is 11.8 Å². The molecule has 1 spiro atoms. The van der Waals surface area contributed by atoms with Crippen molar-refractivity contribution in [2.24, 2.45) is 11.3 Å². The van der Waals surface area contributed by atoms with E-state index in [0.29, 0.717) is 23.9 Å². The van der Waals surface area contributed by atoms with Gasteiger partial charge in [-0.25, -0.2) is 0 Å². The minimum atomic E-state index is -0.549. The Morgan fingerprint density at radius 3 is 2.47 bits per heavy atom. The van der Waals surface area contributed by atoms with Crippen molar-refractivity contribution in [2.45, 2.75) is 70.4 Å². The topological polar surface area (TPSA) is 73.0 Å². The minimum absolute atomic E-state index is 0.0959. The molecule has 4 fully saturated rings. The zero-order chi connectivity index (χ0) is 23.3. The predicted octanol–water partition coefficient (Wildman–Crippen LogP) is 2.93. The Kier molecular flexibility index (Phi) is 5.63. The molecule has 0 radical (unpaired) electrons. The van der Waals surface area contributed by atoms with E-state index in [1.54, 1.807) is 4.90 Å². The molecule has 4 aliphatic heterocycles. The Morgan fingerprint density at radius 1 is 0.971 bits per heavy atom. The number of hydrogen-bond acceptors (Lipinski definition) is 5. The highest BCUT2D eigenvalue weighted by Crippen LogP contribution is 2.44. The number of likely N-dealkylation sites (tertiary alicyclic amines) is 1. The molecular formula is C27H36N4O3. The second-order valence-electron chi connectivity index (χ2n) is 11.4. The van der Waals surface area contributed by atoms with Crippen LogP contribution in [0, 0.1) is 11.3 Å². The summed E-state index contributed by atoms with van der Waals surface area (Å²) in [5, 5.41) is 2.38. The van der Waals surface area contributed by atoms with Crippen molar-refractivity contribution in [3.8, 4) is 0 Å². The number of nitrogens with one attached hydrogen (secondary N) is 1. The summed E-state index contributed by atoms with van der Waals surface area (Å²) < 4.78 is 0. The van der Waals surface area contributed by atoms with Gasteiger partial charge in [0, 0.05) is 49.3 Å². The SMILES string of the molecule is O=C1CCC(N2Cc3cc(N4CC5(CCN(CC6CCCCC6)CC5)C4)ccc3C2=O)C(=O)N1. The minimum Gasteiger partial charge on any atom is -0.370 e. The van der Waals surface area contributed by atoms with Gasteiger partial charge >= 0.3 is 0 Å². The van der Waals surface area contributed by atoms with Crippen LogP contribution in [0.3, 0.4) is 0 Å². The molecule has 5 aliphatic rings. The van der Waals surface area contributed by atoms with Crippen molar-refractivity contribution in [3.05, 3.63) is 29.3 Å². The van der Waals surface area contributed by atoms with Gasteiger partial charge in [0.15, 0.2) is 0 Å². The van der Waals surface area contributed by atoms with E-state index in [9.17, 15) is 14.4 Å². The lowest BCUT2D eigenvalue weighted by Gasteiger charge is -2.55. The van der Waals surface area contributed by atoms with Crippen LogP contribution in [0.2, 0.25) is 0 Å². The maximum Gasteiger partial charge on any atom is 0.255 e. The molecule has 182 valence electrons. The van der Waals surface area contributed by atoms with E-state index < -0.39 is 6.04 Å². The number of rotatable bonds is 4. The number of piperidine rings is 2. The maximum atomic E-state index is 12.9. The fourth-order valence-electron chi connectivity index (χ4n) is 6.96. The van der Waals surface area contributed by atoms with Gasteiger partial charge < -0.3 is 14.7 Å². The number of carbonyl (C=O) groups excluding carboxylic acids is 3. The van der Waals surface area contributed by atoms with Gasteiger partial charge in [0.25, 0.3) is 5.91 Å². The number of hydrogen-bond donors (Lipinski definition) is 1. The molecule has 1 unspecified atom stereocenters. The quantitative estimate of drug-likeness (QED) is 0.694. The lowest BCUT2D eigenvalue weighted by Crippen LogP contribution is -2.60. The maximum absolute atomic E-state index is 12.9. The van der Waals surface area contributed by atoms with Gasteiger partial charge in [-0.2, -0.15) is 0 Å². The molecule has 3 amide bonds. The predicted molar refractivity (Wildman–Crippen MR) is 129 cm³/mol. The zero-order valence-corrected chi connectivity index (χ0v) is 20.1. The third-order valence-electron chi connectivity index (χ3n) is 9.08. The second-order valence-corrected chi connectivity index (χ2v) is 11.4. The molecule has 1 saturated carbocycles. The average Bonchev–Trinajstić information content (AvgIpc) is 3.14. The highest BCUT2D eigenvalue weighted by atomic mass is 16.2. The van der Waals surface area contributed by atoms with Crippen LogP contribution in [0.15, 0.2) is 18.2 Å². The fourth-order valence-corrected chi connectivity index (χ4v) is 6.96. The molecule has 0 bridgehead atoms. The Morgan fingerprint density at radius 2 is 1.74 bits per heavy atom. The summed E-state index contributed by atoms with van der Waals surface area (Å²) in [6.45, 7) is 6.45. The molecule has 7 heteroatoms. The number of amides is 3. The Bertz CT molecular complexity index is 986. The number of anilines is 1. The number of imide groups is 1. The fraction of sp³-hybridized carbons (Fsp3) is 0.667. The van der Waals surface area contributed by atoms with Gasteiger partial charge in [0.05, 0.1) is 0 Å². The van der Waals surface area contributed by atoms with Crippen LogP contribution >= 0.6 is 0 Å². The molecule has 7 nitrogen and oxygen atoms in total. The Labute approximate surface area is 201 Å². The van der Waals surface area contributed by atoms with E-state index in [1.807, 2.05) is 6.07 Å². The van der Waals surface area contributed by atoms with Gasteiger partial charge in [-0.15, -0.1) is 0 Å². The standard InChI is InChI=1S/C27H36N4O3/c32-24-9-8-23(25(33)28-24)31-16-20-14-21(6-7-22(20)26(31)34)30-17-27(18-30)10-12-29(13-11-27)15-19-4-2-1-3-5-19/h6-7,14,19,23H,1-5,8-13,15-18H2,(H,28,32,33). The molecule has 1 aliphatic carbocycles.